The minimum atomic E-state index is -0.358. The SMILES string of the molecule is C=CC(=O)N1CC2(CCN(c3nc(-c4ccc5c(cnn5C)c4)c4ccsc4c3-c3ccc(F)cc3OCCOC)CC2)C1. The minimum absolute atomic E-state index is 0.00214. The third-order valence-corrected chi connectivity index (χ3v) is 9.96. The van der Waals surface area contributed by atoms with Crippen LogP contribution in [0, 0.1) is 11.2 Å². The molecule has 2 fully saturated rings. The molecule has 2 aromatic carbocycles. The fourth-order valence-electron chi connectivity index (χ4n) is 6.63. The molecule has 0 bridgehead atoms. The summed E-state index contributed by atoms with van der Waals surface area (Å²) in [5.74, 6) is 0.966. The van der Waals surface area contributed by atoms with E-state index in [0.29, 0.717) is 19.0 Å². The number of carbonyl (C=O) groups is 1. The molecule has 1 spiro atoms. The number of nitrogens with zero attached hydrogens (tertiary/aromatic N) is 5. The number of halogens is 1. The number of pyridine rings is 1. The van der Waals surface area contributed by atoms with E-state index in [0.717, 1.165) is 88.2 Å². The van der Waals surface area contributed by atoms with E-state index in [9.17, 15) is 9.18 Å². The van der Waals surface area contributed by atoms with Crippen LogP contribution in [0.4, 0.5) is 10.2 Å². The van der Waals surface area contributed by atoms with E-state index >= 15 is 0 Å². The number of thiophene rings is 1. The predicted octanol–water partition coefficient (Wildman–Crippen LogP) is 6.30. The van der Waals surface area contributed by atoms with Crippen LogP contribution in [0.3, 0.4) is 0 Å². The first-order valence-corrected chi connectivity index (χ1v) is 15.7. The lowest BCUT2D eigenvalue weighted by molar-refractivity contribution is -0.139. The highest BCUT2D eigenvalue weighted by Gasteiger charge is 2.46. The molecule has 0 atom stereocenters. The first-order valence-electron chi connectivity index (χ1n) is 14.8. The van der Waals surface area contributed by atoms with Crippen LogP contribution in [-0.4, -0.2) is 72.1 Å². The molecule has 0 N–H and O–H groups in total. The topological polar surface area (TPSA) is 72.7 Å². The number of amides is 1. The zero-order valence-electron chi connectivity index (χ0n) is 24.9. The summed E-state index contributed by atoms with van der Waals surface area (Å²) in [5, 5.41) is 8.61. The smallest absolute Gasteiger partial charge is 0.245 e. The maximum atomic E-state index is 14.6. The molecule has 5 aromatic rings. The van der Waals surface area contributed by atoms with Crippen LogP contribution in [-0.2, 0) is 16.6 Å². The molecule has 0 aliphatic carbocycles. The quantitative estimate of drug-likeness (QED) is 0.152. The van der Waals surface area contributed by atoms with Crippen LogP contribution in [0.5, 0.6) is 5.75 Å². The third kappa shape index (κ3) is 4.92. The van der Waals surface area contributed by atoms with Gasteiger partial charge in [-0.3, -0.25) is 9.48 Å². The van der Waals surface area contributed by atoms with Gasteiger partial charge in [-0.1, -0.05) is 12.6 Å². The fourth-order valence-corrected chi connectivity index (χ4v) is 7.58. The molecule has 5 heterocycles. The Morgan fingerprint density at radius 3 is 2.73 bits per heavy atom. The predicted molar refractivity (Wildman–Crippen MR) is 173 cm³/mol. The third-order valence-electron chi connectivity index (χ3n) is 9.03. The second-order valence-electron chi connectivity index (χ2n) is 11.7. The lowest BCUT2D eigenvalue weighted by Crippen LogP contribution is -2.61. The van der Waals surface area contributed by atoms with Gasteiger partial charge >= 0.3 is 0 Å². The molecule has 7 rings (SSSR count). The van der Waals surface area contributed by atoms with Crippen molar-refractivity contribution in [1.82, 2.24) is 19.7 Å². The Morgan fingerprint density at radius 1 is 1.14 bits per heavy atom. The molecule has 1 amide bonds. The van der Waals surface area contributed by atoms with Crippen LogP contribution < -0.4 is 9.64 Å². The number of hydrogen-bond donors (Lipinski definition) is 0. The summed E-state index contributed by atoms with van der Waals surface area (Å²) in [6.45, 7) is 7.47. The number of methoxy groups -OCH3 is 1. The first kappa shape index (κ1) is 28.5. The monoisotopic (exact) mass is 611 g/mol. The van der Waals surface area contributed by atoms with Gasteiger partial charge in [-0.2, -0.15) is 5.10 Å². The number of ether oxygens (including phenoxy) is 2. The van der Waals surface area contributed by atoms with E-state index < -0.39 is 0 Å². The largest absolute Gasteiger partial charge is 0.490 e. The summed E-state index contributed by atoms with van der Waals surface area (Å²) >= 11 is 1.66. The number of carbonyl (C=O) groups excluding carboxylic acids is 1. The van der Waals surface area contributed by atoms with Crippen molar-refractivity contribution >= 4 is 44.1 Å². The number of piperidine rings is 1. The van der Waals surface area contributed by atoms with Crippen molar-refractivity contribution in [2.45, 2.75) is 12.8 Å². The summed E-state index contributed by atoms with van der Waals surface area (Å²) < 4.78 is 28.8. The molecule has 3 aromatic heterocycles. The maximum absolute atomic E-state index is 14.6. The van der Waals surface area contributed by atoms with Crippen molar-refractivity contribution in [3.8, 4) is 28.1 Å². The molecule has 2 saturated heterocycles. The Kier molecular flexibility index (Phi) is 7.34. The van der Waals surface area contributed by atoms with Crippen molar-refractivity contribution in [2.24, 2.45) is 12.5 Å². The maximum Gasteiger partial charge on any atom is 0.245 e. The highest BCUT2D eigenvalue weighted by molar-refractivity contribution is 7.18. The Morgan fingerprint density at radius 2 is 1.95 bits per heavy atom. The molecule has 10 heteroatoms. The van der Waals surface area contributed by atoms with Crippen molar-refractivity contribution in [2.75, 3.05) is 51.4 Å². The molecular formula is C34H34FN5O3S. The van der Waals surface area contributed by atoms with Crippen molar-refractivity contribution in [1.29, 1.82) is 0 Å². The van der Waals surface area contributed by atoms with Gasteiger partial charge in [-0.05, 0) is 54.6 Å². The van der Waals surface area contributed by atoms with Gasteiger partial charge in [-0.25, -0.2) is 9.37 Å². The van der Waals surface area contributed by atoms with Gasteiger partial charge in [0.25, 0.3) is 0 Å². The second-order valence-corrected chi connectivity index (χ2v) is 12.6. The molecule has 44 heavy (non-hydrogen) atoms. The summed E-state index contributed by atoms with van der Waals surface area (Å²) in [5.41, 5.74) is 4.85. The number of aryl methyl sites for hydroxylation is 1. The van der Waals surface area contributed by atoms with Crippen molar-refractivity contribution in [3.63, 3.8) is 0 Å². The molecule has 0 saturated carbocycles. The van der Waals surface area contributed by atoms with Gasteiger partial charge in [-0.15, -0.1) is 11.3 Å². The standard InChI is InChI=1S/C34H34FN5O3S/c1-4-29(41)40-20-34(21-40)10-12-39(13-11-34)33-30(25-7-6-24(35)18-28(25)43-15-14-42-3)32-26(9-16-44-32)31(37-33)22-5-8-27-23(17-22)19-36-38(27)2/h4-9,16-19H,1,10-15,20-21H2,2-3H3. The van der Waals surface area contributed by atoms with E-state index in [1.54, 1.807) is 24.5 Å². The van der Waals surface area contributed by atoms with E-state index in [-0.39, 0.29) is 17.1 Å². The summed E-state index contributed by atoms with van der Waals surface area (Å²) in [7, 11) is 3.56. The molecule has 226 valence electrons. The zero-order valence-corrected chi connectivity index (χ0v) is 25.7. The van der Waals surface area contributed by atoms with Gasteiger partial charge < -0.3 is 19.3 Å². The van der Waals surface area contributed by atoms with Crippen molar-refractivity contribution < 1.29 is 18.7 Å². The Balaban J connectivity index is 1.35. The van der Waals surface area contributed by atoms with Gasteiger partial charge in [0.05, 0.1) is 24.0 Å². The van der Waals surface area contributed by atoms with E-state index in [1.807, 2.05) is 22.8 Å². The number of aromatic nitrogens is 3. The first-order chi connectivity index (χ1) is 21.4. The van der Waals surface area contributed by atoms with Crippen molar-refractivity contribution in [3.05, 3.63) is 72.5 Å². The average Bonchev–Trinajstić information content (AvgIpc) is 3.66. The van der Waals surface area contributed by atoms with Gasteiger partial charge in [0.15, 0.2) is 0 Å². The lowest BCUT2D eigenvalue weighted by atomic mass is 9.72. The van der Waals surface area contributed by atoms with E-state index in [4.69, 9.17) is 14.5 Å². The molecule has 0 unspecified atom stereocenters. The fraction of sp³-hybridized carbons (Fsp3) is 0.324. The number of hydrogen-bond acceptors (Lipinski definition) is 7. The molecule has 0 radical (unpaired) electrons. The molecule has 2 aliphatic heterocycles. The van der Waals surface area contributed by atoms with Crippen LogP contribution in [0.25, 0.3) is 43.4 Å². The van der Waals surface area contributed by atoms with Crippen LogP contribution in [0.2, 0.25) is 0 Å². The normalized spacial score (nSPS) is 16.1. The molecule has 8 nitrogen and oxygen atoms in total. The molecule has 2 aliphatic rings. The van der Waals surface area contributed by atoms with E-state index in [2.05, 4.69) is 46.2 Å². The summed E-state index contributed by atoms with van der Waals surface area (Å²) in [4.78, 5) is 21.8. The highest BCUT2D eigenvalue weighted by atomic mass is 32.1. The van der Waals surface area contributed by atoms with Gasteiger partial charge in [0, 0.05) is 84.0 Å². The van der Waals surface area contributed by atoms with E-state index in [1.165, 1.54) is 18.2 Å². The average molecular weight is 612 g/mol. The summed E-state index contributed by atoms with van der Waals surface area (Å²) in [6.07, 6.45) is 5.18. The number of fused-ring (bicyclic) bond motifs is 2. The highest BCUT2D eigenvalue weighted by Crippen LogP contribution is 2.48. The Hall–Kier alpha value is -4.28. The number of likely N-dealkylation sites (tertiary alicyclic amines) is 1. The van der Waals surface area contributed by atoms with Crippen LogP contribution in [0.15, 0.2) is 66.7 Å². The molecular weight excluding hydrogens is 577 g/mol. The summed E-state index contributed by atoms with van der Waals surface area (Å²) in [6, 6.07) is 13.2. The Labute approximate surface area is 259 Å². The number of benzene rings is 2. The number of anilines is 1. The van der Waals surface area contributed by atoms with Gasteiger partial charge in [0.2, 0.25) is 5.91 Å². The Bertz CT molecular complexity index is 1880. The second kappa shape index (κ2) is 11.3. The van der Waals surface area contributed by atoms with Crippen LogP contribution in [0.1, 0.15) is 12.8 Å². The minimum Gasteiger partial charge on any atom is -0.490 e. The van der Waals surface area contributed by atoms with Crippen LogP contribution >= 0.6 is 11.3 Å². The lowest BCUT2D eigenvalue weighted by Gasteiger charge is -2.54. The zero-order chi connectivity index (χ0) is 30.4. The van der Waals surface area contributed by atoms with Gasteiger partial charge in [0.1, 0.15) is 24.0 Å². The number of rotatable bonds is 8.